The molecule has 0 bridgehead atoms. The van der Waals surface area contributed by atoms with Crippen LogP contribution in [0, 0.1) is 0 Å². The first kappa shape index (κ1) is 17.1. The van der Waals surface area contributed by atoms with E-state index in [0.29, 0.717) is 10.7 Å². The van der Waals surface area contributed by atoms with Gasteiger partial charge in [0.25, 0.3) is 5.91 Å². The Balaban J connectivity index is 1.45. The number of carbonyl (C=O) groups excluding carboxylic acids is 2. The molecule has 2 heterocycles. The van der Waals surface area contributed by atoms with E-state index < -0.39 is 0 Å². The van der Waals surface area contributed by atoms with Gasteiger partial charge in [-0.1, -0.05) is 35.9 Å². The van der Waals surface area contributed by atoms with E-state index in [2.05, 4.69) is 21.9 Å². The first-order chi connectivity index (χ1) is 12.6. The molecule has 0 N–H and O–H groups in total. The van der Waals surface area contributed by atoms with Gasteiger partial charge in [-0.25, -0.2) is 4.90 Å². The van der Waals surface area contributed by atoms with Gasteiger partial charge in [-0.15, -0.1) is 0 Å². The van der Waals surface area contributed by atoms with Crippen LogP contribution in [-0.2, 0) is 9.59 Å². The van der Waals surface area contributed by atoms with E-state index in [0.717, 1.165) is 26.2 Å². The third-order valence-electron chi connectivity index (χ3n) is 5.07. The minimum Gasteiger partial charge on any atom is -0.369 e. The number of carbonyl (C=O) groups is 2. The van der Waals surface area contributed by atoms with Crippen molar-refractivity contribution in [2.75, 3.05) is 36.0 Å². The number of benzene rings is 2. The molecular formula is C20H20ClN3O2. The summed E-state index contributed by atoms with van der Waals surface area (Å²) in [5.74, 6) is -0.307. The smallest absolute Gasteiger partial charge is 0.251 e. The van der Waals surface area contributed by atoms with E-state index >= 15 is 0 Å². The highest BCUT2D eigenvalue weighted by Crippen LogP contribution is 2.28. The lowest BCUT2D eigenvalue weighted by Gasteiger charge is -2.38. The summed E-state index contributed by atoms with van der Waals surface area (Å²) >= 11 is 6.01. The van der Waals surface area contributed by atoms with Crippen molar-refractivity contribution >= 4 is 34.8 Å². The van der Waals surface area contributed by atoms with Gasteiger partial charge in [-0.3, -0.25) is 14.5 Å². The maximum Gasteiger partial charge on any atom is 0.251 e. The fraction of sp³-hybridized carbons (Fsp3) is 0.300. The average molecular weight is 370 g/mol. The Bertz CT molecular complexity index is 819. The lowest BCUT2D eigenvalue weighted by atomic mass is 10.1. The normalized spacial score (nSPS) is 21.5. The summed E-state index contributed by atoms with van der Waals surface area (Å²) in [5.41, 5.74) is 1.75. The molecule has 0 unspecified atom stereocenters. The van der Waals surface area contributed by atoms with Gasteiger partial charge in [0.05, 0.1) is 18.2 Å². The summed E-state index contributed by atoms with van der Waals surface area (Å²) < 4.78 is 0. The highest BCUT2D eigenvalue weighted by Gasteiger charge is 2.43. The SMILES string of the molecule is O=C1C[C@@H](N2CCN(c3ccccc3)CC2)C(=O)N1c1cccc(Cl)c1. The molecule has 0 saturated carbocycles. The third kappa shape index (κ3) is 3.20. The Kier molecular flexibility index (Phi) is 4.66. The monoisotopic (exact) mass is 369 g/mol. The van der Waals surface area contributed by atoms with Gasteiger partial charge < -0.3 is 4.90 Å². The molecule has 4 rings (SSSR count). The molecule has 0 aromatic heterocycles. The van der Waals surface area contributed by atoms with E-state index in [-0.39, 0.29) is 24.3 Å². The second-order valence-electron chi connectivity index (χ2n) is 6.63. The van der Waals surface area contributed by atoms with Crippen LogP contribution in [0.2, 0.25) is 5.02 Å². The van der Waals surface area contributed by atoms with E-state index in [1.807, 2.05) is 18.2 Å². The molecule has 6 heteroatoms. The molecule has 26 heavy (non-hydrogen) atoms. The molecule has 2 fully saturated rings. The third-order valence-corrected chi connectivity index (χ3v) is 5.30. The van der Waals surface area contributed by atoms with Crippen LogP contribution >= 0.6 is 11.6 Å². The minimum absolute atomic E-state index is 0.148. The molecule has 0 aliphatic carbocycles. The Morgan fingerprint density at radius 2 is 1.54 bits per heavy atom. The maximum absolute atomic E-state index is 12.9. The number of imide groups is 1. The van der Waals surface area contributed by atoms with Crippen LogP contribution in [0.25, 0.3) is 0 Å². The van der Waals surface area contributed by atoms with Crippen molar-refractivity contribution in [1.82, 2.24) is 4.90 Å². The molecule has 2 aliphatic rings. The molecule has 0 radical (unpaired) electrons. The lowest BCUT2D eigenvalue weighted by Crippen LogP contribution is -2.52. The Hall–Kier alpha value is -2.37. The lowest BCUT2D eigenvalue weighted by molar-refractivity contribution is -0.123. The van der Waals surface area contributed by atoms with E-state index in [1.54, 1.807) is 24.3 Å². The van der Waals surface area contributed by atoms with Gasteiger partial charge in [0.15, 0.2) is 0 Å². The van der Waals surface area contributed by atoms with E-state index in [9.17, 15) is 9.59 Å². The Morgan fingerprint density at radius 3 is 2.23 bits per heavy atom. The largest absolute Gasteiger partial charge is 0.369 e. The van der Waals surface area contributed by atoms with Crippen LogP contribution in [0.3, 0.4) is 0 Å². The van der Waals surface area contributed by atoms with Gasteiger partial charge in [-0.2, -0.15) is 0 Å². The Morgan fingerprint density at radius 1 is 0.846 bits per heavy atom. The minimum atomic E-state index is -0.376. The summed E-state index contributed by atoms with van der Waals surface area (Å²) in [6.07, 6.45) is 0.233. The van der Waals surface area contributed by atoms with Crippen LogP contribution in [0.5, 0.6) is 0 Å². The van der Waals surface area contributed by atoms with Crippen molar-refractivity contribution in [3.8, 4) is 0 Å². The zero-order valence-electron chi connectivity index (χ0n) is 14.3. The highest BCUT2D eigenvalue weighted by atomic mass is 35.5. The second kappa shape index (κ2) is 7.09. The number of para-hydroxylation sites is 1. The maximum atomic E-state index is 12.9. The highest BCUT2D eigenvalue weighted by molar-refractivity contribution is 6.31. The number of halogens is 1. The fourth-order valence-corrected chi connectivity index (χ4v) is 3.90. The predicted molar refractivity (Wildman–Crippen MR) is 103 cm³/mol. The molecule has 2 aliphatic heterocycles. The second-order valence-corrected chi connectivity index (χ2v) is 7.06. The van der Waals surface area contributed by atoms with Crippen molar-refractivity contribution in [3.63, 3.8) is 0 Å². The average Bonchev–Trinajstić information content (AvgIpc) is 2.97. The van der Waals surface area contributed by atoms with Crippen molar-refractivity contribution in [2.45, 2.75) is 12.5 Å². The zero-order valence-corrected chi connectivity index (χ0v) is 15.1. The Labute approximate surface area is 157 Å². The quantitative estimate of drug-likeness (QED) is 0.780. The number of rotatable bonds is 3. The molecule has 1 atom stereocenters. The van der Waals surface area contributed by atoms with Gasteiger partial charge in [-0.05, 0) is 30.3 Å². The van der Waals surface area contributed by atoms with Crippen LogP contribution in [-0.4, -0.2) is 48.9 Å². The van der Waals surface area contributed by atoms with Crippen LogP contribution in [0.4, 0.5) is 11.4 Å². The van der Waals surface area contributed by atoms with E-state index in [1.165, 1.54) is 10.6 Å². The standard InChI is InChI=1S/C20H20ClN3O2/c21-15-5-4-8-17(13-15)24-19(25)14-18(20(24)26)23-11-9-22(10-12-23)16-6-2-1-3-7-16/h1-8,13,18H,9-12,14H2/t18-/m1/s1. The molecule has 2 saturated heterocycles. The van der Waals surface area contributed by atoms with Crippen LogP contribution in [0.15, 0.2) is 54.6 Å². The van der Waals surface area contributed by atoms with Gasteiger partial charge >= 0.3 is 0 Å². The van der Waals surface area contributed by atoms with Gasteiger partial charge in [0.1, 0.15) is 0 Å². The number of piperazine rings is 1. The van der Waals surface area contributed by atoms with Crippen LogP contribution in [0.1, 0.15) is 6.42 Å². The summed E-state index contributed by atoms with van der Waals surface area (Å²) in [6, 6.07) is 16.8. The fourth-order valence-electron chi connectivity index (χ4n) is 3.72. The summed E-state index contributed by atoms with van der Waals surface area (Å²) in [7, 11) is 0. The van der Waals surface area contributed by atoms with Gasteiger partial charge in [0, 0.05) is 36.9 Å². The first-order valence-electron chi connectivity index (χ1n) is 8.80. The molecule has 2 aromatic rings. The van der Waals surface area contributed by atoms with Crippen molar-refractivity contribution in [3.05, 3.63) is 59.6 Å². The van der Waals surface area contributed by atoms with Crippen molar-refractivity contribution < 1.29 is 9.59 Å². The molecule has 134 valence electrons. The first-order valence-corrected chi connectivity index (χ1v) is 9.18. The van der Waals surface area contributed by atoms with Gasteiger partial charge in [0.2, 0.25) is 5.91 Å². The number of nitrogens with zero attached hydrogens (tertiary/aromatic N) is 3. The van der Waals surface area contributed by atoms with Crippen molar-refractivity contribution in [1.29, 1.82) is 0 Å². The topological polar surface area (TPSA) is 43.9 Å². The molecular weight excluding hydrogens is 350 g/mol. The number of amides is 2. The van der Waals surface area contributed by atoms with E-state index in [4.69, 9.17) is 11.6 Å². The predicted octanol–water partition coefficient (Wildman–Crippen LogP) is 2.79. The zero-order chi connectivity index (χ0) is 18.1. The molecule has 2 aromatic carbocycles. The summed E-state index contributed by atoms with van der Waals surface area (Å²) in [5, 5.41) is 0.517. The van der Waals surface area contributed by atoms with Crippen molar-refractivity contribution in [2.24, 2.45) is 0 Å². The molecule has 2 amide bonds. The molecule has 5 nitrogen and oxygen atoms in total. The number of anilines is 2. The number of hydrogen-bond acceptors (Lipinski definition) is 4. The molecule has 0 spiro atoms. The summed E-state index contributed by atoms with van der Waals surface area (Å²) in [6.45, 7) is 3.22. The van der Waals surface area contributed by atoms with Crippen LogP contribution < -0.4 is 9.80 Å². The number of hydrogen-bond donors (Lipinski definition) is 0. The summed E-state index contributed by atoms with van der Waals surface area (Å²) in [4.78, 5) is 31.1.